The third-order valence-electron chi connectivity index (χ3n) is 3.64. The van der Waals surface area contributed by atoms with Gasteiger partial charge in [-0.05, 0) is 38.1 Å². The van der Waals surface area contributed by atoms with Crippen LogP contribution in [0.25, 0.3) is 0 Å². The number of carbonyl (C=O) groups excluding carboxylic acids is 1. The smallest absolute Gasteiger partial charge is 0.251 e. The number of likely N-dealkylation sites (N-methyl/N-ethyl adjacent to an activating group) is 1. The Kier molecular flexibility index (Phi) is 5.08. The highest BCUT2D eigenvalue weighted by Gasteiger charge is 2.25. The molecule has 0 bridgehead atoms. The van der Waals surface area contributed by atoms with Crippen LogP contribution in [-0.4, -0.2) is 25.0 Å². The van der Waals surface area contributed by atoms with E-state index in [0.717, 1.165) is 19.3 Å². The number of benzene rings is 1. The average Bonchev–Trinajstić information content (AvgIpc) is 2.42. The Morgan fingerprint density at radius 3 is 2.47 bits per heavy atom. The molecule has 0 heterocycles. The summed E-state index contributed by atoms with van der Waals surface area (Å²) in [6, 6.07) is 5.48. The Bertz CT molecular complexity index is 465. The number of halogens is 2. The molecule has 0 aliphatic heterocycles. The van der Waals surface area contributed by atoms with E-state index in [0.29, 0.717) is 21.7 Å². The molecule has 5 heteroatoms. The molecular weight excluding hydrogens is 283 g/mol. The molecule has 1 aromatic carbocycles. The quantitative estimate of drug-likeness (QED) is 0.900. The second-order valence-corrected chi connectivity index (χ2v) is 5.70. The fourth-order valence-electron chi connectivity index (χ4n) is 2.54. The molecule has 1 aromatic rings. The summed E-state index contributed by atoms with van der Waals surface area (Å²) in [5.74, 6) is -0.0919. The number of rotatable bonds is 3. The van der Waals surface area contributed by atoms with E-state index in [1.165, 1.54) is 6.42 Å². The fraction of sp³-hybridized carbons (Fsp3) is 0.500. The van der Waals surface area contributed by atoms with Crippen molar-refractivity contribution < 1.29 is 4.79 Å². The van der Waals surface area contributed by atoms with E-state index in [1.54, 1.807) is 18.2 Å². The van der Waals surface area contributed by atoms with Crippen molar-refractivity contribution >= 4 is 29.1 Å². The number of carbonyl (C=O) groups is 1. The molecule has 1 saturated carbocycles. The summed E-state index contributed by atoms with van der Waals surface area (Å²) >= 11 is 11.8. The maximum Gasteiger partial charge on any atom is 0.251 e. The van der Waals surface area contributed by atoms with Gasteiger partial charge in [0.25, 0.3) is 5.91 Å². The summed E-state index contributed by atoms with van der Waals surface area (Å²) in [5.41, 5.74) is 0.551. The van der Waals surface area contributed by atoms with Gasteiger partial charge in [0.15, 0.2) is 0 Å². The van der Waals surface area contributed by atoms with Gasteiger partial charge >= 0.3 is 0 Å². The Balaban J connectivity index is 2.05. The first-order valence-electron chi connectivity index (χ1n) is 6.55. The van der Waals surface area contributed by atoms with Crippen molar-refractivity contribution in [2.75, 3.05) is 7.05 Å². The van der Waals surface area contributed by atoms with Crippen molar-refractivity contribution in [2.24, 2.45) is 0 Å². The number of amides is 1. The summed E-state index contributed by atoms with van der Waals surface area (Å²) in [7, 11) is 1.94. The van der Waals surface area contributed by atoms with Crippen molar-refractivity contribution in [3.63, 3.8) is 0 Å². The Labute approximate surface area is 123 Å². The maximum absolute atomic E-state index is 12.2. The number of hydrogen-bond acceptors (Lipinski definition) is 2. The van der Waals surface area contributed by atoms with Gasteiger partial charge in [0.2, 0.25) is 0 Å². The van der Waals surface area contributed by atoms with Gasteiger partial charge in [-0.3, -0.25) is 4.79 Å². The van der Waals surface area contributed by atoms with Crippen molar-refractivity contribution in [1.82, 2.24) is 10.6 Å². The fourth-order valence-corrected chi connectivity index (χ4v) is 2.84. The van der Waals surface area contributed by atoms with Crippen molar-refractivity contribution in [1.29, 1.82) is 0 Å². The highest BCUT2D eigenvalue weighted by molar-refractivity contribution is 6.42. The van der Waals surface area contributed by atoms with Crippen molar-refractivity contribution in [3.8, 4) is 0 Å². The summed E-state index contributed by atoms with van der Waals surface area (Å²) in [6.07, 6.45) is 4.48. The number of nitrogens with one attached hydrogen (secondary N) is 2. The lowest BCUT2D eigenvalue weighted by molar-refractivity contribution is 0.0916. The topological polar surface area (TPSA) is 41.1 Å². The van der Waals surface area contributed by atoms with Gasteiger partial charge in [-0.2, -0.15) is 0 Å². The Morgan fingerprint density at radius 2 is 1.84 bits per heavy atom. The molecular formula is C14H18Cl2N2O. The van der Waals surface area contributed by atoms with Crippen LogP contribution in [0.4, 0.5) is 0 Å². The van der Waals surface area contributed by atoms with Crippen LogP contribution in [0.3, 0.4) is 0 Å². The molecule has 1 aliphatic carbocycles. The molecule has 2 atom stereocenters. The highest BCUT2D eigenvalue weighted by Crippen LogP contribution is 2.23. The first-order valence-corrected chi connectivity index (χ1v) is 7.30. The zero-order chi connectivity index (χ0) is 13.8. The van der Waals surface area contributed by atoms with E-state index < -0.39 is 0 Å². The Morgan fingerprint density at radius 1 is 1.16 bits per heavy atom. The van der Waals surface area contributed by atoms with E-state index in [4.69, 9.17) is 23.2 Å². The van der Waals surface area contributed by atoms with Gasteiger partial charge in [0.1, 0.15) is 0 Å². The highest BCUT2D eigenvalue weighted by atomic mass is 35.5. The molecule has 3 nitrogen and oxygen atoms in total. The second-order valence-electron chi connectivity index (χ2n) is 4.89. The van der Waals surface area contributed by atoms with Crippen molar-refractivity contribution in [3.05, 3.63) is 33.8 Å². The standard InChI is InChI=1S/C14H18Cl2N2O/c1-17-12-4-2-3-5-13(12)18-14(19)9-6-7-10(15)11(16)8-9/h6-8,12-13,17H,2-5H2,1H3,(H,18,19). The van der Waals surface area contributed by atoms with Gasteiger partial charge in [0, 0.05) is 17.6 Å². The van der Waals surface area contributed by atoms with Crippen molar-refractivity contribution in [2.45, 2.75) is 37.8 Å². The average molecular weight is 301 g/mol. The van der Waals surface area contributed by atoms with Gasteiger partial charge in [-0.1, -0.05) is 36.0 Å². The van der Waals surface area contributed by atoms with Crippen LogP contribution in [-0.2, 0) is 0 Å². The van der Waals surface area contributed by atoms with E-state index in [-0.39, 0.29) is 11.9 Å². The van der Waals surface area contributed by atoms with Crippen LogP contribution in [0.5, 0.6) is 0 Å². The zero-order valence-electron chi connectivity index (χ0n) is 10.9. The maximum atomic E-state index is 12.2. The van der Waals surface area contributed by atoms with Crippen LogP contribution in [0.2, 0.25) is 10.0 Å². The predicted molar refractivity (Wildman–Crippen MR) is 79.0 cm³/mol. The molecule has 0 aromatic heterocycles. The minimum Gasteiger partial charge on any atom is -0.348 e. The molecule has 2 rings (SSSR count). The van der Waals surface area contributed by atoms with Gasteiger partial charge in [-0.15, -0.1) is 0 Å². The Hall–Kier alpha value is -0.770. The monoisotopic (exact) mass is 300 g/mol. The second kappa shape index (κ2) is 6.60. The summed E-state index contributed by atoms with van der Waals surface area (Å²) in [6.45, 7) is 0. The zero-order valence-corrected chi connectivity index (χ0v) is 12.4. The largest absolute Gasteiger partial charge is 0.348 e. The van der Waals surface area contributed by atoms with Gasteiger partial charge < -0.3 is 10.6 Å². The lowest BCUT2D eigenvalue weighted by Crippen LogP contribution is -2.50. The molecule has 0 radical (unpaired) electrons. The van der Waals surface area contributed by atoms with Gasteiger partial charge in [-0.25, -0.2) is 0 Å². The number of hydrogen-bond donors (Lipinski definition) is 2. The lowest BCUT2D eigenvalue weighted by Gasteiger charge is -2.31. The van der Waals surface area contributed by atoms with E-state index in [9.17, 15) is 4.79 Å². The molecule has 19 heavy (non-hydrogen) atoms. The lowest BCUT2D eigenvalue weighted by atomic mass is 9.90. The summed E-state index contributed by atoms with van der Waals surface area (Å²) in [4.78, 5) is 12.2. The molecule has 0 spiro atoms. The molecule has 1 amide bonds. The third kappa shape index (κ3) is 3.62. The van der Waals surface area contributed by atoms with Crippen LogP contribution in [0.15, 0.2) is 18.2 Å². The van der Waals surface area contributed by atoms with Gasteiger partial charge in [0.05, 0.1) is 10.0 Å². The minimum atomic E-state index is -0.0919. The summed E-state index contributed by atoms with van der Waals surface area (Å²) < 4.78 is 0. The molecule has 1 fully saturated rings. The summed E-state index contributed by atoms with van der Waals surface area (Å²) in [5, 5.41) is 7.22. The molecule has 1 aliphatic rings. The van der Waals surface area contributed by atoms with Crippen LogP contribution in [0.1, 0.15) is 36.0 Å². The van der Waals surface area contributed by atoms with E-state index in [2.05, 4.69) is 10.6 Å². The van der Waals surface area contributed by atoms with Crippen LogP contribution < -0.4 is 10.6 Å². The first kappa shape index (κ1) is 14.6. The SMILES string of the molecule is CNC1CCCCC1NC(=O)c1ccc(Cl)c(Cl)c1. The van der Waals surface area contributed by atoms with E-state index >= 15 is 0 Å². The predicted octanol–water partition coefficient (Wildman–Crippen LogP) is 3.25. The third-order valence-corrected chi connectivity index (χ3v) is 4.37. The van der Waals surface area contributed by atoms with E-state index in [1.807, 2.05) is 7.05 Å². The van der Waals surface area contributed by atoms with Crippen LogP contribution in [0, 0.1) is 0 Å². The molecule has 2 unspecified atom stereocenters. The first-order chi connectivity index (χ1) is 9.11. The molecule has 0 saturated heterocycles. The minimum absolute atomic E-state index is 0.0919. The normalized spacial score (nSPS) is 23.1. The van der Waals surface area contributed by atoms with Crippen LogP contribution >= 0.6 is 23.2 Å². The molecule has 2 N–H and O–H groups in total. The molecule has 104 valence electrons.